The first-order chi connectivity index (χ1) is 7.85. The second-order valence-corrected chi connectivity index (χ2v) is 4.31. The van der Waals surface area contributed by atoms with Crippen molar-refractivity contribution in [3.63, 3.8) is 0 Å². The van der Waals surface area contributed by atoms with Gasteiger partial charge in [-0.05, 0) is 24.9 Å². The molecular weight excluding hydrogens is 198 g/mol. The number of nitrogens with zero attached hydrogens (tertiary/aromatic N) is 1. The maximum absolute atomic E-state index is 9.27. The molecule has 0 aliphatic carbocycles. The van der Waals surface area contributed by atoms with Gasteiger partial charge in [0.15, 0.2) is 0 Å². The van der Waals surface area contributed by atoms with E-state index in [0.29, 0.717) is 0 Å². The van der Waals surface area contributed by atoms with Crippen LogP contribution in [-0.4, -0.2) is 18.6 Å². The summed E-state index contributed by atoms with van der Waals surface area (Å²) in [6.45, 7) is 2.53. The number of nitrogens with one attached hydrogen (secondary N) is 2. The Kier molecular flexibility index (Phi) is 3.55. The summed E-state index contributed by atoms with van der Waals surface area (Å²) in [6, 6.07) is 12.6. The van der Waals surface area contributed by atoms with Crippen molar-refractivity contribution >= 4 is 0 Å². The standard InChI is InChI=1S/C13H17N3/c14-10-13(7-4-8-15-11-13)16-9-12-5-2-1-3-6-12/h1-3,5-6,15-16H,4,7-9,11H2. The molecule has 0 bridgehead atoms. The van der Waals surface area contributed by atoms with Gasteiger partial charge in [0.05, 0.1) is 6.07 Å². The Labute approximate surface area is 96.5 Å². The Bertz CT molecular complexity index is 361. The van der Waals surface area contributed by atoms with Crippen LogP contribution in [0.15, 0.2) is 30.3 Å². The SMILES string of the molecule is N#CC1(NCc2ccccc2)CCCNC1. The lowest BCUT2D eigenvalue weighted by Crippen LogP contribution is -2.54. The molecule has 0 saturated carbocycles. The van der Waals surface area contributed by atoms with Crippen LogP contribution < -0.4 is 10.6 Å². The fourth-order valence-corrected chi connectivity index (χ4v) is 2.06. The normalized spacial score (nSPS) is 24.9. The molecular formula is C13H17N3. The van der Waals surface area contributed by atoms with E-state index in [1.54, 1.807) is 0 Å². The summed E-state index contributed by atoms with van der Waals surface area (Å²) in [5.74, 6) is 0. The second-order valence-electron chi connectivity index (χ2n) is 4.31. The Morgan fingerprint density at radius 1 is 1.38 bits per heavy atom. The molecule has 0 aromatic heterocycles. The molecule has 0 spiro atoms. The molecule has 84 valence electrons. The van der Waals surface area contributed by atoms with Gasteiger partial charge in [-0.15, -0.1) is 0 Å². The van der Waals surface area contributed by atoms with Gasteiger partial charge in [-0.2, -0.15) is 5.26 Å². The first kappa shape index (κ1) is 11.1. The van der Waals surface area contributed by atoms with E-state index in [9.17, 15) is 5.26 Å². The summed E-state index contributed by atoms with van der Waals surface area (Å²) in [6.07, 6.45) is 2.00. The van der Waals surface area contributed by atoms with Gasteiger partial charge in [-0.25, -0.2) is 0 Å². The van der Waals surface area contributed by atoms with Crippen LogP contribution in [0.5, 0.6) is 0 Å². The largest absolute Gasteiger partial charge is 0.314 e. The van der Waals surface area contributed by atoms with Crippen LogP contribution >= 0.6 is 0 Å². The van der Waals surface area contributed by atoms with Gasteiger partial charge in [0.25, 0.3) is 0 Å². The van der Waals surface area contributed by atoms with E-state index in [1.165, 1.54) is 5.56 Å². The highest BCUT2D eigenvalue weighted by Crippen LogP contribution is 2.15. The molecule has 1 heterocycles. The molecule has 3 heteroatoms. The Balaban J connectivity index is 1.95. The molecule has 1 unspecified atom stereocenters. The minimum absolute atomic E-state index is 0.381. The van der Waals surface area contributed by atoms with Crippen LogP contribution in [0.4, 0.5) is 0 Å². The fourth-order valence-electron chi connectivity index (χ4n) is 2.06. The van der Waals surface area contributed by atoms with E-state index in [1.807, 2.05) is 18.2 Å². The summed E-state index contributed by atoms with van der Waals surface area (Å²) in [5.41, 5.74) is 0.844. The predicted octanol–water partition coefficient (Wildman–Crippen LogP) is 1.42. The number of hydrogen-bond donors (Lipinski definition) is 2. The summed E-state index contributed by atoms with van der Waals surface area (Å²) in [4.78, 5) is 0. The molecule has 1 fully saturated rings. The zero-order valence-corrected chi connectivity index (χ0v) is 9.37. The summed E-state index contributed by atoms with van der Waals surface area (Å²) in [5, 5.41) is 15.9. The first-order valence-corrected chi connectivity index (χ1v) is 5.76. The quantitative estimate of drug-likeness (QED) is 0.801. The zero-order chi connectivity index (χ0) is 11.3. The predicted molar refractivity (Wildman–Crippen MR) is 63.7 cm³/mol. The molecule has 1 aromatic rings. The fraction of sp³-hybridized carbons (Fsp3) is 0.462. The lowest BCUT2D eigenvalue weighted by atomic mass is 9.91. The number of benzene rings is 1. The molecule has 1 aliphatic heterocycles. The van der Waals surface area contributed by atoms with Crippen molar-refractivity contribution in [2.75, 3.05) is 13.1 Å². The van der Waals surface area contributed by atoms with Gasteiger partial charge in [-0.3, -0.25) is 5.32 Å². The topological polar surface area (TPSA) is 47.9 Å². The minimum atomic E-state index is -0.381. The summed E-state index contributed by atoms with van der Waals surface area (Å²) >= 11 is 0. The van der Waals surface area contributed by atoms with Crippen molar-refractivity contribution in [2.24, 2.45) is 0 Å². The number of piperidine rings is 1. The van der Waals surface area contributed by atoms with E-state index in [4.69, 9.17) is 0 Å². The van der Waals surface area contributed by atoms with Crippen molar-refractivity contribution in [1.82, 2.24) is 10.6 Å². The van der Waals surface area contributed by atoms with Gasteiger partial charge in [0.2, 0.25) is 0 Å². The Morgan fingerprint density at radius 2 is 2.19 bits per heavy atom. The lowest BCUT2D eigenvalue weighted by molar-refractivity contribution is 0.313. The van der Waals surface area contributed by atoms with Crippen LogP contribution in [0.2, 0.25) is 0 Å². The molecule has 1 aromatic carbocycles. The van der Waals surface area contributed by atoms with Gasteiger partial charge in [-0.1, -0.05) is 30.3 Å². The molecule has 0 amide bonds. The zero-order valence-electron chi connectivity index (χ0n) is 9.37. The van der Waals surface area contributed by atoms with Gasteiger partial charge in [0, 0.05) is 13.1 Å². The molecule has 0 radical (unpaired) electrons. The highest BCUT2D eigenvalue weighted by Gasteiger charge is 2.31. The van der Waals surface area contributed by atoms with Gasteiger partial charge in [0.1, 0.15) is 5.54 Å². The minimum Gasteiger partial charge on any atom is -0.314 e. The van der Waals surface area contributed by atoms with Gasteiger partial charge < -0.3 is 5.32 Å². The third-order valence-corrected chi connectivity index (χ3v) is 3.07. The monoisotopic (exact) mass is 215 g/mol. The molecule has 2 N–H and O–H groups in total. The second kappa shape index (κ2) is 5.11. The molecule has 1 atom stereocenters. The van der Waals surface area contributed by atoms with Crippen LogP contribution in [0.1, 0.15) is 18.4 Å². The van der Waals surface area contributed by atoms with Crippen molar-refractivity contribution in [3.05, 3.63) is 35.9 Å². The van der Waals surface area contributed by atoms with Crippen molar-refractivity contribution in [1.29, 1.82) is 5.26 Å². The Hall–Kier alpha value is -1.37. The Morgan fingerprint density at radius 3 is 2.81 bits per heavy atom. The molecule has 1 aliphatic rings. The average Bonchev–Trinajstić information content (AvgIpc) is 2.39. The molecule has 3 nitrogen and oxygen atoms in total. The smallest absolute Gasteiger partial charge is 0.119 e. The third kappa shape index (κ3) is 2.60. The maximum Gasteiger partial charge on any atom is 0.119 e. The van der Waals surface area contributed by atoms with E-state index in [-0.39, 0.29) is 5.54 Å². The van der Waals surface area contributed by atoms with Crippen LogP contribution in [0.3, 0.4) is 0 Å². The number of nitriles is 1. The number of hydrogen-bond acceptors (Lipinski definition) is 3. The van der Waals surface area contributed by atoms with E-state index in [2.05, 4.69) is 28.8 Å². The van der Waals surface area contributed by atoms with Gasteiger partial charge >= 0.3 is 0 Å². The van der Waals surface area contributed by atoms with Crippen molar-refractivity contribution < 1.29 is 0 Å². The van der Waals surface area contributed by atoms with Crippen LogP contribution in [-0.2, 0) is 6.54 Å². The molecule has 16 heavy (non-hydrogen) atoms. The molecule has 2 rings (SSSR count). The highest BCUT2D eigenvalue weighted by atomic mass is 15.0. The maximum atomic E-state index is 9.27. The van der Waals surface area contributed by atoms with E-state index < -0.39 is 0 Å². The van der Waals surface area contributed by atoms with Crippen LogP contribution in [0.25, 0.3) is 0 Å². The summed E-state index contributed by atoms with van der Waals surface area (Å²) < 4.78 is 0. The lowest BCUT2D eigenvalue weighted by Gasteiger charge is -2.32. The van der Waals surface area contributed by atoms with Crippen molar-refractivity contribution in [2.45, 2.75) is 24.9 Å². The molecule has 1 saturated heterocycles. The summed E-state index contributed by atoms with van der Waals surface area (Å²) in [7, 11) is 0. The third-order valence-electron chi connectivity index (χ3n) is 3.07. The van der Waals surface area contributed by atoms with Crippen molar-refractivity contribution in [3.8, 4) is 6.07 Å². The highest BCUT2D eigenvalue weighted by molar-refractivity contribution is 5.17. The van der Waals surface area contributed by atoms with Crippen LogP contribution in [0, 0.1) is 11.3 Å². The van der Waals surface area contributed by atoms with E-state index >= 15 is 0 Å². The average molecular weight is 215 g/mol. The first-order valence-electron chi connectivity index (χ1n) is 5.76. The van der Waals surface area contributed by atoms with E-state index in [0.717, 1.165) is 32.5 Å². The number of rotatable bonds is 3.